The highest BCUT2D eigenvalue weighted by molar-refractivity contribution is 6.05. The predicted octanol–water partition coefficient (Wildman–Crippen LogP) is 3.59. The zero-order chi connectivity index (χ0) is 18.3. The molecule has 5 heteroatoms. The van der Waals surface area contributed by atoms with Gasteiger partial charge in [-0.15, -0.1) is 0 Å². The van der Waals surface area contributed by atoms with Gasteiger partial charge >= 0.3 is 5.97 Å². The van der Waals surface area contributed by atoms with Crippen LogP contribution >= 0.6 is 0 Å². The molecule has 4 rings (SSSR count). The second-order valence-electron chi connectivity index (χ2n) is 8.10. The summed E-state index contributed by atoms with van der Waals surface area (Å²) in [5.41, 5.74) is -0.110. The van der Waals surface area contributed by atoms with E-state index in [1.165, 1.54) is 19.3 Å². The summed E-state index contributed by atoms with van der Waals surface area (Å²) in [5, 5.41) is 10.1. The van der Waals surface area contributed by atoms with E-state index in [4.69, 9.17) is 0 Å². The van der Waals surface area contributed by atoms with Gasteiger partial charge in [0.1, 0.15) is 0 Å². The molecular formula is C21H28N2O3. The number of hydrogen-bond acceptors (Lipinski definition) is 3. The number of likely N-dealkylation sites (tertiary alicyclic amines) is 1. The molecule has 3 aliphatic rings. The molecule has 0 bridgehead atoms. The molecule has 2 fully saturated rings. The van der Waals surface area contributed by atoms with Crippen LogP contribution in [0.15, 0.2) is 24.3 Å². The number of benzene rings is 1. The van der Waals surface area contributed by atoms with Crippen molar-refractivity contribution in [1.29, 1.82) is 0 Å². The van der Waals surface area contributed by atoms with Crippen LogP contribution in [-0.4, -0.2) is 45.5 Å². The fourth-order valence-corrected chi connectivity index (χ4v) is 5.26. The molecule has 1 aromatic carbocycles. The summed E-state index contributed by atoms with van der Waals surface area (Å²) in [5.74, 6) is -1.07. The van der Waals surface area contributed by atoms with Crippen molar-refractivity contribution in [1.82, 2.24) is 9.80 Å². The van der Waals surface area contributed by atoms with Crippen LogP contribution < -0.4 is 0 Å². The molecule has 1 amide bonds. The van der Waals surface area contributed by atoms with Gasteiger partial charge in [-0.05, 0) is 45.1 Å². The van der Waals surface area contributed by atoms with Gasteiger partial charge in [-0.3, -0.25) is 9.69 Å². The summed E-state index contributed by atoms with van der Waals surface area (Å²) in [7, 11) is 0. The lowest BCUT2D eigenvalue weighted by atomic mass is 9.89. The lowest BCUT2D eigenvalue weighted by Crippen LogP contribution is -2.61. The van der Waals surface area contributed by atoms with Crippen molar-refractivity contribution < 1.29 is 14.7 Å². The van der Waals surface area contributed by atoms with E-state index in [-0.39, 0.29) is 12.1 Å². The average molecular weight is 356 g/mol. The van der Waals surface area contributed by atoms with E-state index < -0.39 is 11.5 Å². The second-order valence-corrected chi connectivity index (χ2v) is 8.10. The van der Waals surface area contributed by atoms with Gasteiger partial charge in [0.2, 0.25) is 0 Å². The van der Waals surface area contributed by atoms with Gasteiger partial charge in [0.25, 0.3) is 5.91 Å². The smallest absolute Gasteiger partial charge is 0.334 e. The second kappa shape index (κ2) is 6.69. The molecule has 26 heavy (non-hydrogen) atoms. The average Bonchev–Trinajstić information content (AvgIpc) is 2.91. The van der Waals surface area contributed by atoms with Gasteiger partial charge in [-0.2, -0.15) is 0 Å². The molecule has 5 nitrogen and oxygen atoms in total. The maximum absolute atomic E-state index is 13.3. The fourth-order valence-electron chi connectivity index (χ4n) is 5.26. The Morgan fingerprint density at radius 1 is 1.08 bits per heavy atom. The van der Waals surface area contributed by atoms with Crippen LogP contribution in [0, 0.1) is 0 Å². The Balaban J connectivity index is 1.74. The van der Waals surface area contributed by atoms with Crippen molar-refractivity contribution in [3.05, 3.63) is 35.4 Å². The Bertz CT molecular complexity index is 713. The van der Waals surface area contributed by atoms with Gasteiger partial charge in [-0.1, -0.05) is 37.5 Å². The van der Waals surface area contributed by atoms with E-state index in [9.17, 15) is 14.7 Å². The molecule has 2 heterocycles. The molecule has 0 spiro atoms. The van der Waals surface area contributed by atoms with Gasteiger partial charge in [-0.25, -0.2) is 4.79 Å². The highest BCUT2D eigenvalue weighted by Crippen LogP contribution is 2.44. The topological polar surface area (TPSA) is 60.9 Å². The number of rotatable bonds is 3. The molecule has 1 unspecified atom stereocenters. The molecule has 1 aromatic rings. The summed E-state index contributed by atoms with van der Waals surface area (Å²) >= 11 is 0. The minimum atomic E-state index is -1.29. The normalized spacial score (nSPS) is 30.4. The third-order valence-corrected chi connectivity index (χ3v) is 6.65. The Kier molecular flexibility index (Phi) is 4.51. The monoisotopic (exact) mass is 356 g/mol. The zero-order valence-electron chi connectivity index (χ0n) is 15.5. The number of carbonyl (C=O) groups excluding carboxylic acids is 1. The molecule has 1 N–H and O–H groups in total. The molecule has 1 saturated heterocycles. The molecule has 2 atom stereocenters. The van der Waals surface area contributed by atoms with Gasteiger partial charge in [0.05, 0.1) is 6.17 Å². The van der Waals surface area contributed by atoms with Crippen LogP contribution in [0.1, 0.15) is 74.2 Å². The molecular weight excluding hydrogens is 328 g/mol. The number of hydrogen-bond donors (Lipinski definition) is 1. The van der Waals surface area contributed by atoms with Crippen molar-refractivity contribution in [2.75, 3.05) is 6.54 Å². The van der Waals surface area contributed by atoms with E-state index in [0.717, 1.165) is 38.6 Å². The van der Waals surface area contributed by atoms with E-state index in [0.29, 0.717) is 17.2 Å². The Labute approximate surface area is 155 Å². The van der Waals surface area contributed by atoms with Crippen LogP contribution in [0.5, 0.6) is 0 Å². The van der Waals surface area contributed by atoms with Crippen LogP contribution in [0.4, 0.5) is 0 Å². The molecule has 0 radical (unpaired) electrons. The third kappa shape index (κ3) is 2.56. The van der Waals surface area contributed by atoms with Gasteiger partial charge in [0.15, 0.2) is 5.54 Å². The first-order valence-corrected chi connectivity index (χ1v) is 9.97. The number of carboxylic acids is 1. The number of carboxylic acid groups (broad SMARTS) is 1. The van der Waals surface area contributed by atoms with Crippen molar-refractivity contribution >= 4 is 11.9 Å². The number of piperidine rings is 1. The first-order chi connectivity index (χ1) is 12.5. The van der Waals surface area contributed by atoms with Crippen LogP contribution in [-0.2, 0) is 10.3 Å². The molecule has 2 aliphatic heterocycles. The van der Waals surface area contributed by atoms with Gasteiger partial charge in [0, 0.05) is 23.7 Å². The van der Waals surface area contributed by atoms with E-state index in [2.05, 4.69) is 4.90 Å². The summed E-state index contributed by atoms with van der Waals surface area (Å²) in [6.45, 7) is 2.66. The lowest BCUT2D eigenvalue weighted by molar-refractivity contribution is -0.154. The fraction of sp³-hybridized carbons (Fsp3) is 0.619. The Morgan fingerprint density at radius 2 is 1.77 bits per heavy atom. The highest BCUT2D eigenvalue weighted by atomic mass is 16.4. The van der Waals surface area contributed by atoms with Crippen molar-refractivity contribution in [2.45, 2.75) is 76.0 Å². The third-order valence-electron chi connectivity index (χ3n) is 6.65. The molecule has 140 valence electrons. The number of aliphatic carboxylic acids is 1. The summed E-state index contributed by atoms with van der Waals surface area (Å²) in [6.07, 6.45) is 9.00. The minimum absolute atomic E-state index is 0.118. The predicted molar refractivity (Wildman–Crippen MR) is 98.8 cm³/mol. The van der Waals surface area contributed by atoms with E-state index in [1.54, 1.807) is 24.0 Å². The first kappa shape index (κ1) is 17.5. The van der Waals surface area contributed by atoms with Crippen LogP contribution in [0.2, 0.25) is 0 Å². The lowest BCUT2D eigenvalue weighted by Gasteiger charge is -2.49. The first-order valence-electron chi connectivity index (χ1n) is 9.97. The summed E-state index contributed by atoms with van der Waals surface area (Å²) in [6, 6.07) is 7.70. The molecule has 1 saturated carbocycles. The quantitative estimate of drug-likeness (QED) is 0.899. The minimum Gasteiger partial charge on any atom is -0.479 e. The summed E-state index contributed by atoms with van der Waals surface area (Å²) < 4.78 is 0. The van der Waals surface area contributed by atoms with Crippen molar-refractivity contribution in [2.24, 2.45) is 0 Å². The number of fused-ring (bicyclic) bond motifs is 1. The number of nitrogens with zero attached hydrogens (tertiary/aromatic N) is 2. The maximum atomic E-state index is 13.3. The summed E-state index contributed by atoms with van der Waals surface area (Å²) in [4.78, 5) is 29.8. The van der Waals surface area contributed by atoms with Gasteiger partial charge < -0.3 is 10.0 Å². The Hall–Kier alpha value is -1.88. The zero-order valence-corrected chi connectivity index (χ0v) is 15.5. The van der Waals surface area contributed by atoms with E-state index in [1.807, 2.05) is 12.1 Å². The molecule has 0 aromatic heterocycles. The molecule has 1 aliphatic carbocycles. The number of amides is 1. The largest absolute Gasteiger partial charge is 0.479 e. The van der Waals surface area contributed by atoms with Crippen LogP contribution in [0.3, 0.4) is 0 Å². The van der Waals surface area contributed by atoms with Crippen molar-refractivity contribution in [3.63, 3.8) is 0 Å². The number of carbonyl (C=O) groups is 2. The van der Waals surface area contributed by atoms with Crippen LogP contribution in [0.25, 0.3) is 0 Å². The standard InChI is InChI=1S/C21H28N2O3/c1-21(20(25)26)17-12-6-5-11-16(17)19(24)23(21)18-13-7-8-14-22(18)15-9-3-2-4-10-15/h5-6,11-12,15,18H,2-4,7-10,13-14H2,1H3,(H,25,26)/t18?,21-/m0/s1. The van der Waals surface area contributed by atoms with E-state index >= 15 is 0 Å². The highest BCUT2D eigenvalue weighted by Gasteiger charge is 2.55. The maximum Gasteiger partial charge on any atom is 0.334 e. The Morgan fingerprint density at radius 3 is 2.50 bits per heavy atom. The van der Waals surface area contributed by atoms with Crippen molar-refractivity contribution in [3.8, 4) is 0 Å². The SMILES string of the molecule is C[C@@]1(C(=O)O)c2ccccc2C(=O)N1C1CCCCN1C1CCCCC1.